The van der Waals surface area contributed by atoms with Gasteiger partial charge in [-0.05, 0) is 0 Å². The van der Waals surface area contributed by atoms with Gasteiger partial charge in [0.25, 0.3) is 0 Å². The van der Waals surface area contributed by atoms with Crippen molar-refractivity contribution in [1.82, 2.24) is 0 Å². The standard InChI is InChI=1S/C4H4O5.Zn/c5-3(6)1-2(9-1)4(7)8;/h1-2H,(H,5,6)(H,7,8);/q;+2/p-2/t1-,2+;. The summed E-state index contributed by atoms with van der Waals surface area (Å²) in [6.07, 6.45) is -2.59. The van der Waals surface area contributed by atoms with Crippen molar-refractivity contribution in [1.29, 1.82) is 0 Å². The SMILES string of the molecule is O=C([O-])[C@H]1O[C@H]1C(=O)[O-].[Zn+2]. The molecule has 0 aromatic rings. The van der Waals surface area contributed by atoms with E-state index in [0.29, 0.717) is 0 Å². The van der Waals surface area contributed by atoms with Crippen molar-refractivity contribution in [2.24, 2.45) is 0 Å². The number of carboxylic acids is 2. The van der Waals surface area contributed by atoms with Crippen molar-refractivity contribution >= 4 is 11.9 Å². The molecule has 0 amide bonds. The maximum absolute atomic E-state index is 9.75. The van der Waals surface area contributed by atoms with E-state index in [1.54, 1.807) is 0 Å². The van der Waals surface area contributed by atoms with Crippen molar-refractivity contribution in [2.75, 3.05) is 0 Å². The number of rotatable bonds is 2. The van der Waals surface area contributed by atoms with E-state index in [0.717, 1.165) is 0 Å². The van der Waals surface area contributed by atoms with Gasteiger partial charge in [0, 0.05) is 0 Å². The van der Waals surface area contributed by atoms with Gasteiger partial charge in [0.2, 0.25) is 0 Å². The molecule has 0 unspecified atom stereocenters. The van der Waals surface area contributed by atoms with Crippen LogP contribution in [0.5, 0.6) is 0 Å². The zero-order valence-corrected chi connectivity index (χ0v) is 7.87. The van der Waals surface area contributed by atoms with Gasteiger partial charge in [-0.1, -0.05) is 0 Å². The van der Waals surface area contributed by atoms with Gasteiger partial charge < -0.3 is 24.5 Å². The summed E-state index contributed by atoms with van der Waals surface area (Å²) in [5, 5.41) is 19.5. The maximum atomic E-state index is 9.75. The van der Waals surface area contributed by atoms with Crippen LogP contribution in [0.2, 0.25) is 0 Å². The van der Waals surface area contributed by atoms with Gasteiger partial charge in [0.1, 0.15) is 12.2 Å². The van der Waals surface area contributed by atoms with E-state index in [-0.39, 0.29) is 19.5 Å². The Labute approximate surface area is 68.7 Å². The second-order valence-electron chi connectivity index (χ2n) is 1.62. The molecule has 1 aliphatic heterocycles. The fourth-order valence-corrected chi connectivity index (χ4v) is 0.471. The summed E-state index contributed by atoms with van der Waals surface area (Å²) < 4.78 is 4.12. The van der Waals surface area contributed by atoms with Crippen molar-refractivity contribution in [3.05, 3.63) is 0 Å². The van der Waals surface area contributed by atoms with Crippen LogP contribution < -0.4 is 10.2 Å². The summed E-state index contributed by atoms with van der Waals surface area (Å²) in [7, 11) is 0. The first kappa shape index (κ1) is 9.52. The molecular formula is C4H2O5Zn. The quantitative estimate of drug-likeness (QED) is 0.333. The predicted molar refractivity (Wildman–Crippen MR) is 18.7 cm³/mol. The molecule has 1 aliphatic rings. The molecule has 6 heteroatoms. The molecule has 2 atom stereocenters. The average Bonchev–Trinajstić information content (AvgIpc) is 2.39. The molecule has 0 spiro atoms. The molecule has 0 radical (unpaired) electrons. The molecule has 0 N–H and O–H groups in total. The van der Waals surface area contributed by atoms with Gasteiger partial charge in [-0.15, -0.1) is 0 Å². The number of aliphatic carboxylic acids is 2. The Kier molecular flexibility index (Phi) is 2.93. The minimum Gasteiger partial charge on any atom is -0.547 e. The van der Waals surface area contributed by atoms with Gasteiger partial charge in [-0.3, -0.25) is 0 Å². The molecule has 50 valence electrons. The minimum absolute atomic E-state index is 0. The molecule has 0 aromatic carbocycles. The van der Waals surface area contributed by atoms with E-state index in [1.807, 2.05) is 0 Å². The first-order chi connectivity index (χ1) is 4.13. The first-order valence-electron chi connectivity index (χ1n) is 2.20. The van der Waals surface area contributed by atoms with Crippen LogP contribution in [0.25, 0.3) is 0 Å². The van der Waals surface area contributed by atoms with Gasteiger partial charge >= 0.3 is 19.5 Å². The van der Waals surface area contributed by atoms with E-state index in [4.69, 9.17) is 0 Å². The van der Waals surface area contributed by atoms with Crippen LogP contribution in [0.3, 0.4) is 0 Å². The Balaban J connectivity index is 0.000000810. The number of epoxide rings is 1. The normalized spacial score (nSPS) is 28.4. The smallest absolute Gasteiger partial charge is 0.547 e. The Hall–Kier alpha value is -0.477. The second-order valence-corrected chi connectivity index (χ2v) is 1.62. The van der Waals surface area contributed by atoms with Crippen molar-refractivity contribution < 1.29 is 44.0 Å². The van der Waals surface area contributed by atoms with Crippen LogP contribution in [-0.2, 0) is 33.8 Å². The molecule has 10 heavy (non-hydrogen) atoms. The molecule has 0 aliphatic carbocycles. The third-order valence-electron chi connectivity index (χ3n) is 0.956. The van der Waals surface area contributed by atoms with Gasteiger partial charge in [-0.2, -0.15) is 0 Å². The summed E-state index contributed by atoms with van der Waals surface area (Å²) in [5.41, 5.74) is 0. The van der Waals surface area contributed by atoms with Crippen LogP contribution in [0.1, 0.15) is 0 Å². The van der Waals surface area contributed by atoms with E-state index in [9.17, 15) is 19.8 Å². The molecule has 1 fully saturated rings. The fourth-order valence-electron chi connectivity index (χ4n) is 0.471. The largest absolute Gasteiger partial charge is 2.00 e. The van der Waals surface area contributed by atoms with Gasteiger partial charge in [0.05, 0.1) is 11.9 Å². The zero-order chi connectivity index (χ0) is 7.02. The van der Waals surface area contributed by atoms with Crippen LogP contribution in [0.15, 0.2) is 0 Å². The van der Waals surface area contributed by atoms with E-state index in [2.05, 4.69) is 4.74 Å². The van der Waals surface area contributed by atoms with E-state index in [1.165, 1.54) is 0 Å². The Morgan fingerprint density at radius 2 is 1.40 bits per heavy atom. The number of carbonyl (C=O) groups is 2. The molecule has 5 nitrogen and oxygen atoms in total. The summed E-state index contributed by atoms with van der Waals surface area (Å²) in [6, 6.07) is 0. The van der Waals surface area contributed by atoms with E-state index >= 15 is 0 Å². The molecule has 0 bridgehead atoms. The Bertz CT molecular complexity index is 149. The van der Waals surface area contributed by atoms with Gasteiger partial charge in [-0.25, -0.2) is 0 Å². The number of hydrogen-bond acceptors (Lipinski definition) is 5. The molecular weight excluding hydrogens is 193 g/mol. The molecule has 1 rings (SSSR count). The number of carboxylic acid groups (broad SMARTS) is 2. The molecule has 0 aromatic heterocycles. The summed E-state index contributed by atoms with van der Waals surface area (Å²) in [4.78, 5) is 19.5. The molecule has 1 heterocycles. The summed E-state index contributed by atoms with van der Waals surface area (Å²) in [5.74, 6) is -3.02. The summed E-state index contributed by atoms with van der Waals surface area (Å²) >= 11 is 0. The van der Waals surface area contributed by atoms with Crippen molar-refractivity contribution in [3.63, 3.8) is 0 Å². The monoisotopic (exact) mass is 194 g/mol. The maximum Gasteiger partial charge on any atom is 2.00 e. The fraction of sp³-hybridized carbons (Fsp3) is 0.500. The van der Waals surface area contributed by atoms with Crippen LogP contribution in [0.4, 0.5) is 0 Å². The molecule has 1 saturated heterocycles. The topological polar surface area (TPSA) is 92.8 Å². The number of carbonyl (C=O) groups excluding carboxylic acids is 2. The molecule has 0 saturated carbocycles. The Morgan fingerprint density at radius 3 is 1.50 bits per heavy atom. The Morgan fingerprint density at radius 1 is 1.10 bits per heavy atom. The zero-order valence-electron chi connectivity index (χ0n) is 4.90. The van der Waals surface area contributed by atoms with Crippen molar-refractivity contribution in [3.8, 4) is 0 Å². The average molecular weight is 195 g/mol. The van der Waals surface area contributed by atoms with Crippen molar-refractivity contribution in [2.45, 2.75) is 12.2 Å². The number of ether oxygens (including phenoxy) is 1. The minimum atomic E-state index is -1.51. The van der Waals surface area contributed by atoms with Crippen LogP contribution >= 0.6 is 0 Å². The van der Waals surface area contributed by atoms with Crippen LogP contribution in [0, 0.1) is 0 Å². The summed E-state index contributed by atoms with van der Waals surface area (Å²) in [6.45, 7) is 0. The van der Waals surface area contributed by atoms with Gasteiger partial charge in [0.15, 0.2) is 0 Å². The first-order valence-corrected chi connectivity index (χ1v) is 2.20. The van der Waals surface area contributed by atoms with Crippen LogP contribution in [-0.4, -0.2) is 24.1 Å². The second kappa shape index (κ2) is 3.08. The third-order valence-corrected chi connectivity index (χ3v) is 0.956. The number of hydrogen-bond donors (Lipinski definition) is 0. The third kappa shape index (κ3) is 1.75. The predicted octanol–water partition coefficient (Wildman–Crippen LogP) is -3.75. The van der Waals surface area contributed by atoms with E-state index < -0.39 is 24.1 Å².